The van der Waals surface area contributed by atoms with E-state index in [4.69, 9.17) is 0 Å². The van der Waals surface area contributed by atoms with Gasteiger partial charge in [0.05, 0.1) is 13.5 Å². The van der Waals surface area contributed by atoms with Crippen molar-refractivity contribution in [1.82, 2.24) is 0 Å². The highest BCUT2D eigenvalue weighted by atomic mass is 16.5. The zero-order chi connectivity index (χ0) is 12.8. The van der Waals surface area contributed by atoms with Gasteiger partial charge in [0.1, 0.15) is 5.75 Å². The summed E-state index contributed by atoms with van der Waals surface area (Å²) < 4.78 is 4.69. The number of hydrogen-bond acceptors (Lipinski definition) is 3. The molecule has 0 amide bonds. The van der Waals surface area contributed by atoms with Gasteiger partial charge in [0, 0.05) is 5.92 Å². The maximum atomic E-state index is 11.3. The van der Waals surface area contributed by atoms with Crippen molar-refractivity contribution in [1.29, 1.82) is 0 Å². The number of allylic oxidation sites excluding steroid dienone is 2. The first-order chi connectivity index (χ1) is 8.02. The summed E-state index contributed by atoms with van der Waals surface area (Å²) in [5.74, 6) is -0.0172. The predicted octanol–water partition coefficient (Wildman–Crippen LogP) is 3.01. The van der Waals surface area contributed by atoms with Crippen LogP contribution >= 0.6 is 0 Å². The van der Waals surface area contributed by atoms with Gasteiger partial charge in [-0.25, -0.2) is 0 Å². The molecule has 0 radical (unpaired) electrons. The molecule has 0 heterocycles. The number of phenolic OH excluding ortho intramolecular Hbond substituents is 1. The summed E-state index contributed by atoms with van der Waals surface area (Å²) in [4.78, 5) is 11.3. The summed E-state index contributed by atoms with van der Waals surface area (Å²) in [7, 11) is 1.39. The number of benzene rings is 1. The number of ether oxygens (including phenoxy) is 1. The quantitative estimate of drug-likeness (QED) is 0.643. The fraction of sp³-hybridized carbons (Fsp3) is 0.357. The molecule has 0 fully saturated rings. The molecule has 0 spiro atoms. The van der Waals surface area contributed by atoms with Crippen LogP contribution in [0.5, 0.6) is 5.75 Å². The molecule has 17 heavy (non-hydrogen) atoms. The summed E-state index contributed by atoms with van der Waals surface area (Å²) >= 11 is 0. The van der Waals surface area contributed by atoms with Gasteiger partial charge >= 0.3 is 5.97 Å². The fourth-order valence-electron chi connectivity index (χ4n) is 1.66. The lowest BCUT2D eigenvalue weighted by Gasteiger charge is -2.13. The second kappa shape index (κ2) is 6.09. The van der Waals surface area contributed by atoms with Crippen LogP contribution < -0.4 is 0 Å². The number of phenols is 1. The van der Waals surface area contributed by atoms with Gasteiger partial charge in [-0.2, -0.15) is 0 Å². The summed E-state index contributed by atoms with van der Waals surface area (Å²) in [5, 5.41) is 9.24. The molecule has 1 atom stereocenters. The molecule has 1 N–H and O–H groups in total. The molecule has 3 nitrogen and oxygen atoms in total. The van der Waals surface area contributed by atoms with E-state index >= 15 is 0 Å². The molecule has 0 unspecified atom stereocenters. The molecule has 1 aromatic rings. The van der Waals surface area contributed by atoms with Gasteiger partial charge in [-0.1, -0.05) is 23.8 Å². The molecule has 0 aliphatic rings. The van der Waals surface area contributed by atoms with E-state index in [0.29, 0.717) is 6.42 Å². The highest BCUT2D eigenvalue weighted by Crippen LogP contribution is 2.24. The van der Waals surface area contributed by atoms with Gasteiger partial charge in [0.15, 0.2) is 0 Å². The van der Waals surface area contributed by atoms with Crippen LogP contribution in [0, 0.1) is 0 Å². The predicted molar refractivity (Wildman–Crippen MR) is 66.9 cm³/mol. The van der Waals surface area contributed by atoms with E-state index in [0.717, 1.165) is 11.1 Å². The Labute approximate surface area is 102 Å². The number of carbonyl (C=O) groups is 1. The van der Waals surface area contributed by atoms with Crippen LogP contribution in [0.15, 0.2) is 35.9 Å². The van der Waals surface area contributed by atoms with E-state index < -0.39 is 0 Å². The minimum Gasteiger partial charge on any atom is -0.508 e. The first-order valence-corrected chi connectivity index (χ1v) is 5.53. The minimum absolute atomic E-state index is 0.00644. The number of hydrogen-bond donors (Lipinski definition) is 1. The number of carbonyl (C=O) groups excluding carboxylic acids is 1. The second-order valence-electron chi connectivity index (χ2n) is 4.22. The third kappa shape index (κ3) is 4.31. The van der Waals surface area contributed by atoms with Crippen molar-refractivity contribution in [2.24, 2.45) is 0 Å². The highest BCUT2D eigenvalue weighted by Gasteiger charge is 2.14. The lowest BCUT2D eigenvalue weighted by Crippen LogP contribution is -2.07. The second-order valence-corrected chi connectivity index (χ2v) is 4.22. The summed E-state index contributed by atoms with van der Waals surface area (Å²) in [6, 6.07) is 6.89. The van der Waals surface area contributed by atoms with E-state index in [1.54, 1.807) is 12.1 Å². The normalized spacial score (nSPS) is 11.7. The van der Waals surface area contributed by atoms with Crippen molar-refractivity contribution in [2.75, 3.05) is 7.11 Å². The summed E-state index contributed by atoms with van der Waals surface area (Å²) in [6.07, 6.45) is 2.34. The van der Waals surface area contributed by atoms with E-state index in [1.165, 1.54) is 7.11 Å². The van der Waals surface area contributed by atoms with Crippen LogP contribution in [-0.4, -0.2) is 18.2 Å². The Morgan fingerprint density at radius 3 is 2.41 bits per heavy atom. The Balaban J connectivity index is 2.93. The Kier molecular flexibility index (Phi) is 4.76. The summed E-state index contributed by atoms with van der Waals surface area (Å²) in [6.45, 7) is 3.98. The van der Waals surface area contributed by atoms with Gasteiger partial charge in [-0.3, -0.25) is 4.79 Å². The van der Waals surface area contributed by atoms with Crippen LogP contribution in [0.25, 0.3) is 0 Å². The highest BCUT2D eigenvalue weighted by molar-refractivity contribution is 5.70. The molecular weight excluding hydrogens is 216 g/mol. The van der Waals surface area contributed by atoms with Crippen LogP contribution in [-0.2, 0) is 9.53 Å². The maximum absolute atomic E-state index is 11.3. The van der Waals surface area contributed by atoms with Gasteiger partial charge in [0.25, 0.3) is 0 Å². The Morgan fingerprint density at radius 2 is 1.94 bits per heavy atom. The van der Waals surface area contributed by atoms with Crippen molar-refractivity contribution in [3.8, 4) is 5.75 Å². The Bertz CT molecular complexity index is 400. The van der Waals surface area contributed by atoms with Crippen molar-refractivity contribution < 1.29 is 14.6 Å². The van der Waals surface area contributed by atoms with Gasteiger partial charge in [-0.05, 0) is 31.5 Å². The number of esters is 1. The SMILES string of the molecule is COC(=O)C[C@H](C=C(C)C)c1ccc(O)cc1. The van der Waals surface area contributed by atoms with Gasteiger partial charge in [-0.15, -0.1) is 0 Å². The van der Waals surface area contributed by atoms with E-state index in [-0.39, 0.29) is 17.6 Å². The molecule has 0 aromatic heterocycles. The smallest absolute Gasteiger partial charge is 0.306 e. The maximum Gasteiger partial charge on any atom is 0.306 e. The van der Waals surface area contributed by atoms with E-state index in [1.807, 2.05) is 32.1 Å². The minimum atomic E-state index is -0.236. The van der Waals surface area contributed by atoms with Crippen molar-refractivity contribution in [2.45, 2.75) is 26.2 Å². The molecule has 1 rings (SSSR count). The lowest BCUT2D eigenvalue weighted by molar-refractivity contribution is -0.140. The van der Waals surface area contributed by atoms with Crippen LogP contribution in [0.2, 0.25) is 0 Å². The number of methoxy groups -OCH3 is 1. The fourth-order valence-corrected chi connectivity index (χ4v) is 1.66. The van der Waals surface area contributed by atoms with Crippen LogP contribution in [0.3, 0.4) is 0 Å². The molecular formula is C14H18O3. The Hall–Kier alpha value is -1.77. The average molecular weight is 234 g/mol. The third-order valence-corrected chi connectivity index (χ3v) is 2.47. The van der Waals surface area contributed by atoms with Gasteiger partial charge in [0.2, 0.25) is 0 Å². The van der Waals surface area contributed by atoms with Crippen molar-refractivity contribution in [3.05, 3.63) is 41.5 Å². The van der Waals surface area contributed by atoms with E-state index in [9.17, 15) is 9.90 Å². The molecule has 1 aromatic carbocycles. The molecule has 3 heteroatoms. The lowest BCUT2D eigenvalue weighted by atomic mass is 9.94. The van der Waals surface area contributed by atoms with E-state index in [2.05, 4.69) is 4.74 Å². The third-order valence-electron chi connectivity index (χ3n) is 2.47. The zero-order valence-corrected chi connectivity index (χ0v) is 10.4. The zero-order valence-electron chi connectivity index (χ0n) is 10.4. The Morgan fingerprint density at radius 1 is 1.35 bits per heavy atom. The number of rotatable bonds is 4. The average Bonchev–Trinajstić information content (AvgIpc) is 2.28. The van der Waals surface area contributed by atoms with Gasteiger partial charge < -0.3 is 9.84 Å². The van der Waals surface area contributed by atoms with Crippen LogP contribution in [0.1, 0.15) is 31.7 Å². The molecule has 92 valence electrons. The molecule has 0 saturated carbocycles. The first kappa shape index (κ1) is 13.3. The monoisotopic (exact) mass is 234 g/mol. The molecule has 0 bridgehead atoms. The molecule has 0 aliphatic heterocycles. The first-order valence-electron chi connectivity index (χ1n) is 5.53. The molecule has 0 aliphatic carbocycles. The standard InChI is InChI=1S/C14H18O3/c1-10(2)8-12(9-14(16)17-3)11-4-6-13(15)7-5-11/h4-8,12,15H,9H2,1-3H3/t12-/m0/s1. The van der Waals surface area contributed by atoms with Crippen LogP contribution in [0.4, 0.5) is 0 Å². The topological polar surface area (TPSA) is 46.5 Å². The number of aromatic hydroxyl groups is 1. The van der Waals surface area contributed by atoms with Crippen molar-refractivity contribution >= 4 is 5.97 Å². The largest absolute Gasteiger partial charge is 0.508 e. The summed E-state index contributed by atoms with van der Waals surface area (Å²) in [5.41, 5.74) is 2.14. The molecule has 0 saturated heterocycles. The van der Waals surface area contributed by atoms with Crippen molar-refractivity contribution in [3.63, 3.8) is 0 Å².